The van der Waals surface area contributed by atoms with E-state index in [2.05, 4.69) is 36.1 Å². The van der Waals surface area contributed by atoms with Crippen LogP contribution in [-0.4, -0.2) is 48.2 Å². The predicted octanol–water partition coefficient (Wildman–Crippen LogP) is 2.97. The van der Waals surface area contributed by atoms with Gasteiger partial charge >= 0.3 is 0 Å². The van der Waals surface area contributed by atoms with Gasteiger partial charge in [-0.15, -0.1) is 0 Å². The van der Waals surface area contributed by atoms with E-state index >= 15 is 0 Å². The van der Waals surface area contributed by atoms with Crippen LogP contribution in [0.4, 0.5) is 0 Å². The summed E-state index contributed by atoms with van der Waals surface area (Å²) in [6, 6.07) is 10.8. The Hall–Kier alpha value is -0.940. The molecule has 0 radical (unpaired) electrons. The van der Waals surface area contributed by atoms with E-state index in [1.807, 2.05) is 19.9 Å². The molecule has 1 aromatic rings. The van der Waals surface area contributed by atoms with E-state index in [-0.39, 0.29) is 18.7 Å². The Bertz CT molecular complexity index is 431. The smallest absolute Gasteiger partial charge is 0.171 e. The molecule has 22 heavy (non-hydrogen) atoms. The molecule has 0 aliphatic carbocycles. The molecule has 1 aliphatic rings. The van der Waals surface area contributed by atoms with Gasteiger partial charge in [0.25, 0.3) is 0 Å². The maximum absolute atomic E-state index is 9.87. The summed E-state index contributed by atoms with van der Waals surface area (Å²) in [6.45, 7) is 8.44. The average Bonchev–Trinajstić information content (AvgIpc) is 2.55. The Balaban J connectivity index is 2.12. The summed E-state index contributed by atoms with van der Waals surface area (Å²) in [5, 5.41) is 9.87. The molecule has 1 fully saturated rings. The Kier molecular flexibility index (Phi) is 6.38. The van der Waals surface area contributed by atoms with Crippen LogP contribution in [0, 0.1) is 0 Å². The van der Waals surface area contributed by atoms with E-state index < -0.39 is 5.79 Å². The fraction of sp³-hybridized carbons (Fsp3) is 0.667. The first-order chi connectivity index (χ1) is 10.7. The second kappa shape index (κ2) is 8.06. The van der Waals surface area contributed by atoms with Crippen molar-refractivity contribution in [3.05, 3.63) is 35.9 Å². The van der Waals surface area contributed by atoms with Gasteiger partial charge in [-0.1, -0.05) is 30.3 Å². The SMILES string of the molecule is CCOC1(OCC)CCN([C@@H](C)c2ccccc2)[C@H](CO)C1. The maximum atomic E-state index is 9.87. The van der Waals surface area contributed by atoms with E-state index in [1.165, 1.54) is 5.56 Å². The Morgan fingerprint density at radius 3 is 2.41 bits per heavy atom. The summed E-state index contributed by atoms with van der Waals surface area (Å²) in [5.74, 6) is -0.538. The van der Waals surface area contributed by atoms with Crippen molar-refractivity contribution in [2.24, 2.45) is 0 Å². The number of likely N-dealkylation sites (tertiary alicyclic amines) is 1. The lowest BCUT2D eigenvalue weighted by Crippen LogP contribution is -2.54. The summed E-state index contributed by atoms with van der Waals surface area (Å²) >= 11 is 0. The highest BCUT2D eigenvalue weighted by atomic mass is 16.7. The molecule has 1 N–H and O–H groups in total. The van der Waals surface area contributed by atoms with Crippen molar-refractivity contribution in [3.63, 3.8) is 0 Å². The van der Waals surface area contributed by atoms with E-state index in [0.717, 1.165) is 13.0 Å². The van der Waals surface area contributed by atoms with Gasteiger partial charge in [-0.25, -0.2) is 0 Å². The molecule has 1 aromatic carbocycles. The molecule has 2 rings (SSSR count). The first-order valence-corrected chi connectivity index (χ1v) is 8.35. The lowest BCUT2D eigenvalue weighted by atomic mass is 9.92. The quantitative estimate of drug-likeness (QED) is 0.786. The van der Waals surface area contributed by atoms with Gasteiger partial charge in [0, 0.05) is 44.7 Å². The third-order valence-electron chi connectivity index (χ3n) is 4.57. The lowest BCUT2D eigenvalue weighted by molar-refractivity contribution is -0.265. The van der Waals surface area contributed by atoms with Crippen molar-refractivity contribution in [2.75, 3.05) is 26.4 Å². The molecule has 124 valence electrons. The lowest BCUT2D eigenvalue weighted by Gasteiger charge is -2.47. The summed E-state index contributed by atoms with van der Waals surface area (Å²) in [6.07, 6.45) is 1.55. The van der Waals surface area contributed by atoms with E-state index in [4.69, 9.17) is 9.47 Å². The summed E-state index contributed by atoms with van der Waals surface area (Å²) in [7, 11) is 0. The summed E-state index contributed by atoms with van der Waals surface area (Å²) < 4.78 is 11.8. The van der Waals surface area contributed by atoms with Crippen LogP contribution >= 0.6 is 0 Å². The number of benzene rings is 1. The molecule has 0 amide bonds. The third kappa shape index (κ3) is 3.87. The number of hydrogen-bond acceptors (Lipinski definition) is 4. The number of nitrogens with zero attached hydrogens (tertiary/aromatic N) is 1. The van der Waals surface area contributed by atoms with Gasteiger partial charge in [-0.3, -0.25) is 4.90 Å². The molecule has 4 nitrogen and oxygen atoms in total. The molecule has 1 saturated heterocycles. The second-order valence-corrected chi connectivity index (χ2v) is 5.89. The molecule has 0 unspecified atom stereocenters. The number of ether oxygens (including phenoxy) is 2. The van der Waals surface area contributed by atoms with Crippen LogP contribution in [0.5, 0.6) is 0 Å². The molecule has 0 spiro atoms. The Labute approximate surface area is 134 Å². The normalized spacial score (nSPS) is 23.4. The Morgan fingerprint density at radius 2 is 1.86 bits per heavy atom. The van der Waals surface area contributed by atoms with Crippen LogP contribution in [0.2, 0.25) is 0 Å². The van der Waals surface area contributed by atoms with Crippen molar-refractivity contribution < 1.29 is 14.6 Å². The van der Waals surface area contributed by atoms with Crippen molar-refractivity contribution in [1.29, 1.82) is 0 Å². The van der Waals surface area contributed by atoms with Crippen LogP contribution in [0.15, 0.2) is 30.3 Å². The zero-order valence-electron chi connectivity index (χ0n) is 14.0. The fourth-order valence-electron chi connectivity index (χ4n) is 3.49. The number of rotatable bonds is 7. The highest BCUT2D eigenvalue weighted by molar-refractivity contribution is 5.19. The van der Waals surface area contributed by atoms with Crippen LogP contribution < -0.4 is 0 Å². The minimum Gasteiger partial charge on any atom is -0.395 e. The molecule has 2 atom stereocenters. The molecule has 1 heterocycles. The molecular weight excluding hydrogens is 278 g/mol. The topological polar surface area (TPSA) is 41.9 Å². The van der Waals surface area contributed by atoms with Crippen molar-refractivity contribution in [3.8, 4) is 0 Å². The minimum atomic E-state index is -0.538. The summed E-state index contributed by atoms with van der Waals surface area (Å²) in [4.78, 5) is 2.37. The zero-order valence-corrected chi connectivity index (χ0v) is 14.0. The first-order valence-electron chi connectivity index (χ1n) is 8.35. The number of aliphatic hydroxyl groups excluding tert-OH is 1. The Morgan fingerprint density at radius 1 is 1.23 bits per heavy atom. The summed E-state index contributed by atoms with van der Waals surface area (Å²) in [5.41, 5.74) is 1.28. The van der Waals surface area contributed by atoms with Crippen molar-refractivity contribution in [1.82, 2.24) is 4.90 Å². The molecule has 0 saturated carbocycles. The maximum Gasteiger partial charge on any atom is 0.171 e. The monoisotopic (exact) mass is 307 g/mol. The van der Waals surface area contributed by atoms with Gasteiger partial charge in [-0.2, -0.15) is 0 Å². The zero-order chi connectivity index (χ0) is 16.0. The molecule has 0 bridgehead atoms. The van der Waals surface area contributed by atoms with Gasteiger partial charge in [0.2, 0.25) is 0 Å². The molecular formula is C18H29NO3. The number of piperidine rings is 1. The van der Waals surface area contributed by atoms with Crippen molar-refractivity contribution in [2.45, 2.75) is 51.5 Å². The first kappa shape index (κ1) is 17.4. The number of aliphatic hydroxyl groups is 1. The average molecular weight is 307 g/mol. The van der Waals surface area contributed by atoms with E-state index in [9.17, 15) is 5.11 Å². The molecule has 0 aromatic heterocycles. The van der Waals surface area contributed by atoms with Gasteiger partial charge in [-0.05, 0) is 26.3 Å². The van der Waals surface area contributed by atoms with Gasteiger partial charge in [0.15, 0.2) is 5.79 Å². The van der Waals surface area contributed by atoms with Crippen LogP contribution in [0.3, 0.4) is 0 Å². The third-order valence-corrected chi connectivity index (χ3v) is 4.57. The van der Waals surface area contributed by atoms with Gasteiger partial charge in [0.1, 0.15) is 0 Å². The predicted molar refractivity (Wildman–Crippen MR) is 87.7 cm³/mol. The highest BCUT2D eigenvalue weighted by Crippen LogP contribution is 2.36. The highest BCUT2D eigenvalue weighted by Gasteiger charge is 2.42. The van der Waals surface area contributed by atoms with E-state index in [1.54, 1.807) is 0 Å². The molecule has 4 heteroatoms. The van der Waals surface area contributed by atoms with Gasteiger partial charge < -0.3 is 14.6 Å². The van der Waals surface area contributed by atoms with Crippen LogP contribution in [0.25, 0.3) is 0 Å². The largest absolute Gasteiger partial charge is 0.395 e. The fourth-order valence-corrected chi connectivity index (χ4v) is 3.49. The molecule has 1 aliphatic heterocycles. The van der Waals surface area contributed by atoms with Crippen molar-refractivity contribution >= 4 is 0 Å². The standard InChI is InChI=1S/C18H29NO3/c1-4-21-18(22-5-2)11-12-19(17(13-18)14-20)15(3)16-9-7-6-8-10-16/h6-10,15,17,20H,4-5,11-14H2,1-3H3/t15-,17-/m0/s1. The minimum absolute atomic E-state index is 0.0575. The van der Waals surface area contributed by atoms with Crippen LogP contribution in [-0.2, 0) is 9.47 Å². The second-order valence-electron chi connectivity index (χ2n) is 5.89. The van der Waals surface area contributed by atoms with Gasteiger partial charge in [0.05, 0.1) is 6.61 Å². The van der Waals surface area contributed by atoms with E-state index in [0.29, 0.717) is 19.6 Å². The van der Waals surface area contributed by atoms with Crippen LogP contribution in [0.1, 0.15) is 45.2 Å². The number of hydrogen-bond donors (Lipinski definition) is 1.